The maximum atomic E-state index is 11.1. The van der Waals surface area contributed by atoms with Gasteiger partial charge in [0.1, 0.15) is 0 Å². The molecule has 1 saturated carbocycles. The Hall–Kier alpha value is -1.06. The lowest BCUT2D eigenvalue weighted by Gasteiger charge is -2.32. The van der Waals surface area contributed by atoms with Crippen LogP contribution in [0.4, 0.5) is 0 Å². The zero-order chi connectivity index (χ0) is 14.7. The van der Waals surface area contributed by atoms with Gasteiger partial charge in [-0.2, -0.15) is 0 Å². The van der Waals surface area contributed by atoms with Gasteiger partial charge in [-0.25, -0.2) is 0 Å². The number of primary amides is 1. The summed E-state index contributed by atoms with van der Waals surface area (Å²) in [4.78, 5) is 11.1. The molecule has 0 heterocycles. The van der Waals surface area contributed by atoms with E-state index in [-0.39, 0.29) is 0 Å². The molecule has 1 fully saturated rings. The minimum atomic E-state index is -0.443. The third-order valence-corrected chi connectivity index (χ3v) is 4.87. The Balaban J connectivity index is 1.93. The van der Waals surface area contributed by atoms with Crippen molar-refractivity contribution < 1.29 is 4.79 Å². The number of hydrogen-bond acceptors (Lipinski definition) is 2. The van der Waals surface area contributed by atoms with E-state index in [4.69, 9.17) is 17.3 Å². The minimum Gasteiger partial charge on any atom is -0.366 e. The van der Waals surface area contributed by atoms with E-state index in [1.54, 1.807) is 12.1 Å². The van der Waals surface area contributed by atoms with Crippen molar-refractivity contribution in [1.82, 2.24) is 5.32 Å². The first-order chi connectivity index (χ1) is 9.47. The number of rotatable bonds is 4. The molecular weight excluding hydrogens is 272 g/mol. The van der Waals surface area contributed by atoms with Gasteiger partial charge in [0.05, 0.1) is 0 Å². The lowest BCUT2D eigenvalue weighted by atomic mass is 9.79. The molecule has 1 aliphatic rings. The van der Waals surface area contributed by atoms with Crippen LogP contribution < -0.4 is 11.1 Å². The summed E-state index contributed by atoms with van der Waals surface area (Å²) in [6.07, 6.45) is 3.73. The maximum absolute atomic E-state index is 11.1. The molecule has 4 heteroatoms. The zero-order valence-electron chi connectivity index (χ0n) is 12.2. The molecule has 0 saturated heterocycles. The summed E-state index contributed by atoms with van der Waals surface area (Å²) in [7, 11) is 0. The molecule has 0 bridgehead atoms. The molecule has 1 amide bonds. The van der Waals surface area contributed by atoms with Crippen molar-refractivity contribution in [2.45, 2.75) is 45.7 Å². The van der Waals surface area contributed by atoms with Gasteiger partial charge in [-0.3, -0.25) is 4.79 Å². The van der Waals surface area contributed by atoms with Crippen molar-refractivity contribution in [1.29, 1.82) is 0 Å². The van der Waals surface area contributed by atoms with Crippen molar-refractivity contribution in [3.63, 3.8) is 0 Å². The van der Waals surface area contributed by atoms with Crippen LogP contribution in [0.15, 0.2) is 18.2 Å². The summed E-state index contributed by atoms with van der Waals surface area (Å²) in [5.74, 6) is 1.15. The summed E-state index contributed by atoms with van der Waals surface area (Å²) in [6, 6.07) is 5.82. The molecule has 1 aliphatic carbocycles. The predicted octanol–water partition coefficient (Wildman–Crippen LogP) is 3.35. The van der Waals surface area contributed by atoms with Crippen molar-refractivity contribution in [2.24, 2.45) is 17.6 Å². The molecule has 1 aromatic carbocycles. The van der Waals surface area contributed by atoms with E-state index in [0.29, 0.717) is 16.6 Å². The van der Waals surface area contributed by atoms with E-state index >= 15 is 0 Å². The van der Waals surface area contributed by atoms with Crippen LogP contribution in [0.3, 0.4) is 0 Å². The quantitative estimate of drug-likeness (QED) is 0.895. The Bertz CT molecular complexity index is 489. The van der Waals surface area contributed by atoms with Crippen molar-refractivity contribution in [2.75, 3.05) is 0 Å². The van der Waals surface area contributed by atoms with Gasteiger partial charge >= 0.3 is 0 Å². The van der Waals surface area contributed by atoms with E-state index in [2.05, 4.69) is 19.2 Å². The molecule has 3 atom stereocenters. The Morgan fingerprint density at radius 1 is 1.35 bits per heavy atom. The summed E-state index contributed by atoms with van der Waals surface area (Å²) in [5.41, 5.74) is 6.71. The molecule has 3 nitrogen and oxygen atoms in total. The highest BCUT2D eigenvalue weighted by Crippen LogP contribution is 2.29. The summed E-state index contributed by atoms with van der Waals surface area (Å²) in [5, 5.41) is 4.18. The second-order valence-corrected chi connectivity index (χ2v) is 6.42. The van der Waals surface area contributed by atoms with E-state index in [1.165, 1.54) is 19.3 Å². The first kappa shape index (κ1) is 15.3. The predicted molar refractivity (Wildman–Crippen MR) is 82.8 cm³/mol. The average Bonchev–Trinajstić information content (AvgIpc) is 2.41. The van der Waals surface area contributed by atoms with Crippen LogP contribution in [0, 0.1) is 11.8 Å². The van der Waals surface area contributed by atoms with Crippen molar-refractivity contribution in [3.05, 3.63) is 34.3 Å². The van der Waals surface area contributed by atoms with Crippen LogP contribution in [0.25, 0.3) is 0 Å². The van der Waals surface area contributed by atoms with Gasteiger partial charge in [0.2, 0.25) is 5.91 Å². The molecule has 1 aromatic rings. The maximum Gasteiger partial charge on any atom is 0.248 e. The summed E-state index contributed by atoms with van der Waals surface area (Å²) < 4.78 is 0. The second-order valence-electron chi connectivity index (χ2n) is 6.02. The first-order valence-corrected chi connectivity index (χ1v) is 7.66. The van der Waals surface area contributed by atoms with E-state index in [0.717, 1.165) is 23.9 Å². The number of benzene rings is 1. The molecule has 110 valence electrons. The molecule has 0 radical (unpaired) electrons. The minimum absolute atomic E-state index is 0.443. The third-order valence-electron chi connectivity index (χ3n) is 4.52. The van der Waals surface area contributed by atoms with Crippen LogP contribution in [-0.4, -0.2) is 11.9 Å². The number of amides is 1. The van der Waals surface area contributed by atoms with Crippen molar-refractivity contribution >= 4 is 17.5 Å². The number of carbonyl (C=O) groups is 1. The summed E-state index contributed by atoms with van der Waals surface area (Å²) >= 11 is 6.20. The fourth-order valence-corrected chi connectivity index (χ4v) is 3.08. The molecule has 0 aliphatic heterocycles. The number of nitrogens with two attached hydrogens (primary N) is 1. The molecule has 0 aromatic heterocycles. The molecule has 0 spiro atoms. The largest absolute Gasteiger partial charge is 0.366 e. The Morgan fingerprint density at radius 2 is 2.10 bits per heavy atom. The molecular formula is C16H23ClN2O. The van der Waals surface area contributed by atoms with E-state index in [1.807, 2.05) is 6.07 Å². The zero-order valence-corrected chi connectivity index (χ0v) is 12.9. The van der Waals surface area contributed by atoms with Gasteiger partial charge in [-0.1, -0.05) is 31.5 Å². The first-order valence-electron chi connectivity index (χ1n) is 7.29. The van der Waals surface area contributed by atoms with Gasteiger partial charge in [0, 0.05) is 23.2 Å². The number of nitrogens with one attached hydrogen (secondary N) is 1. The topological polar surface area (TPSA) is 55.1 Å². The Morgan fingerprint density at radius 3 is 2.70 bits per heavy atom. The Kier molecular flexibility index (Phi) is 5.06. The Labute approximate surface area is 125 Å². The number of hydrogen-bond donors (Lipinski definition) is 2. The van der Waals surface area contributed by atoms with Crippen LogP contribution in [-0.2, 0) is 6.54 Å². The summed E-state index contributed by atoms with van der Waals surface area (Å²) in [6.45, 7) is 5.40. The van der Waals surface area contributed by atoms with Crippen LogP contribution in [0.1, 0.15) is 49.0 Å². The van der Waals surface area contributed by atoms with Crippen LogP contribution in [0.2, 0.25) is 5.02 Å². The van der Waals surface area contributed by atoms with Crippen molar-refractivity contribution in [3.8, 4) is 0 Å². The molecule has 3 unspecified atom stereocenters. The fraction of sp³-hybridized carbons (Fsp3) is 0.562. The van der Waals surface area contributed by atoms with Crippen LogP contribution >= 0.6 is 11.6 Å². The second kappa shape index (κ2) is 6.59. The smallest absolute Gasteiger partial charge is 0.248 e. The van der Waals surface area contributed by atoms with Gasteiger partial charge in [-0.15, -0.1) is 0 Å². The third kappa shape index (κ3) is 3.74. The standard InChI is InChI=1S/C16H23ClN2O/c1-10-3-6-14(7-11(10)2)19-9-13-5-4-12(16(18)20)8-15(13)17/h4-5,8,10-11,14,19H,3,6-7,9H2,1-2H3,(H2,18,20). The highest BCUT2D eigenvalue weighted by molar-refractivity contribution is 6.31. The average molecular weight is 295 g/mol. The van der Waals surface area contributed by atoms with E-state index in [9.17, 15) is 4.79 Å². The molecule has 2 rings (SSSR count). The van der Waals surface area contributed by atoms with Gasteiger partial charge in [-0.05, 0) is 48.8 Å². The SMILES string of the molecule is CC1CCC(NCc2ccc(C(N)=O)cc2Cl)CC1C. The lowest BCUT2D eigenvalue weighted by molar-refractivity contribution is 0.100. The monoisotopic (exact) mass is 294 g/mol. The molecule has 20 heavy (non-hydrogen) atoms. The lowest BCUT2D eigenvalue weighted by Crippen LogP contribution is -2.35. The highest BCUT2D eigenvalue weighted by Gasteiger charge is 2.24. The van der Waals surface area contributed by atoms with Crippen LogP contribution in [0.5, 0.6) is 0 Å². The van der Waals surface area contributed by atoms with Gasteiger partial charge in [0.15, 0.2) is 0 Å². The number of halogens is 1. The fourth-order valence-electron chi connectivity index (χ4n) is 2.83. The highest BCUT2D eigenvalue weighted by atomic mass is 35.5. The normalized spacial score (nSPS) is 26.4. The molecule has 3 N–H and O–H groups in total. The van der Waals surface area contributed by atoms with Gasteiger partial charge < -0.3 is 11.1 Å². The number of carbonyl (C=O) groups excluding carboxylic acids is 1. The van der Waals surface area contributed by atoms with Gasteiger partial charge in [0.25, 0.3) is 0 Å². The van der Waals surface area contributed by atoms with E-state index < -0.39 is 5.91 Å².